The minimum atomic E-state index is -0.348. The lowest BCUT2D eigenvalue weighted by atomic mass is 10.0. The van der Waals surface area contributed by atoms with Gasteiger partial charge in [0.15, 0.2) is 6.61 Å². The molecule has 6 heteroatoms. The Balaban J connectivity index is 1.73. The maximum absolute atomic E-state index is 12.2. The van der Waals surface area contributed by atoms with Crippen molar-refractivity contribution in [2.45, 2.75) is 33.6 Å². The Bertz CT molecular complexity index is 956. The van der Waals surface area contributed by atoms with Crippen LogP contribution in [0.2, 0.25) is 0 Å². The number of carbonyl (C=O) groups excluding carboxylic acids is 2. The molecule has 148 valence electrons. The van der Waals surface area contributed by atoms with Crippen LogP contribution in [-0.4, -0.2) is 41.5 Å². The monoisotopic (exact) mass is 398 g/mol. The van der Waals surface area contributed by atoms with E-state index >= 15 is 0 Å². The number of nitrogens with one attached hydrogen (secondary N) is 1. The molecule has 0 fully saturated rings. The number of aromatic nitrogens is 1. The zero-order valence-electron chi connectivity index (χ0n) is 16.6. The Kier molecular flexibility index (Phi) is 6.52. The van der Waals surface area contributed by atoms with Gasteiger partial charge in [-0.25, -0.2) is 0 Å². The Morgan fingerprint density at radius 3 is 2.64 bits per heavy atom. The lowest BCUT2D eigenvalue weighted by molar-refractivity contribution is -0.151. The number of esters is 1. The molecule has 0 unspecified atom stereocenters. The quantitative estimate of drug-likeness (QED) is 0.566. The predicted octanol–water partition coefficient (Wildman–Crippen LogP) is 4.55. The van der Waals surface area contributed by atoms with Gasteiger partial charge in [0.2, 0.25) is 0 Å². The largest absolute Gasteiger partial charge is 0.456 e. The first kappa shape index (κ1) is 20.1. The van der Waals surface area contributed by atoms with Crippen LogP contribution in [0.15, 0.2) is 35.7 Å². The lowest BCUT2D eigenvalue weighted by Gasteiger charge is -2.18. The van der Waals surface area contributed by atoms with Gasteiger partial charge >= 0.3 is 5.97 Å². The molecule has 2 aromatic heterocycles. The van der Waals surface area contributed by atoms with Crippen molar-refractivity contribution in [3.63, 3.8) is 0 Å². The highest BCUT2D eigenvalue weighted by molar-refractivity contribution is 7.13. The van der Waals surface area contributed by atoms with E-state index in [2.05, 4.69) is 36.2 Å². The molecule has 5 nitrogen and oxygen atoms in total. The summed E-state index contributed by atoms with van der Waals surface area (Å²) in [6.45, 7) is 6.93. The third-order valence-corrected chi connectivity index (χ3v) is 5.77. The highest BCUT2D eigenvalue weighted by Crippen LogP contribution is 2.34. The molecule has 0 atom stereocenters. The number of amides is 1. The molecule has 0 aliphatic heterocycles. The summed E-state index contributed by atoms with van der Waals surface area (Å²) in [4.78, 5) is 30.6. The van der Waals surface area contributed by atoms with Gasteiger partial charge in [-0.05, 0) is 56.3 Å². The fourth-order valence-corrected chi connectivity index (χ4v) is 4.11. The number of rotatable bonds is 8. The number of carbonyl (C=O) groups is 2. The van der Waals surface area contributed by atoms with E-state index in [1.807, 2.05) is 25.3 Å². The fourth-order valence-electron chi connectivity index (χ4n) is 3.36. The van der Waals surface area contributed by atoms with Crippen LogP contribution in [0, 0.1) is 6.92 Å². The van der Waals surface area contributed by atoms with Gasteiger partial charge in [0, 0.05) is 30.4 Å². The number of aryl methyl sites for hydroxylation is 2. The zero-order chi connectivity index (χ0) is 20.1. The molecule has 0 radical (unpaired) electrons. The number of thiophene rings is 1. The van der Waals surface area contributed by atoms with Crippen molar-refractivity contribution in [3.8, 4) is 10.6 Å². The Labute approximate surface area is 169 Å². The summed E-state index contributed by atoms with van der Waals surface area (Å²) >= 11 is 1.67. The smallest absolute Gasteiger partial charge is 0.306 e. The third-order valence-electron chi connectivity index (χ3n) is 4.88. The number of hydrogen-bond acceptors (Lipinski definition) is 4. The first-order valence-electron chi connectivity index (χ1n) is 9.62. The molecule has 0 saturated carbocycles. The highest BCUT2D eigenvalue weighted by atomic mass is 32.1. The third kappa shape index (κ3) is 4.44. The number of aromatic amines is 1. The van der Waals surface area contributed by atoms with Crippen LogP contribution in [-0.2, 0) is 20.7 Å². The second kappa shape index (κ2) is 9.06. The lowest BCUT2D eigenvalue weighted by Crippen LogP contribution is -2.34. The summed E-state index contributed by atoms with van der Waals surface area (Å²) in [5.74, 6) is -0.500. The van der Waals surface area contributed by atoms with E-state index in [0.29, 0.717) is 19.5 Å². The molecule has 28 heavy (non-hydrogen) atoms. The molecule has 0 saturated heterocycles. The van der Waals surface area contributed by atoms with Crippen LogP contribution in [0.1, 0.15) is 31.4 Å². The van der Waals surface area contributed by atoms with Gasteiger partial charge in [-0.15, -0.1) is 11.3 Å². The molecule has 1 aromatic carbocycles. The standard InChI is InChI=1S/C22H26N2O3S/c1-4-24(5-2)20(25)14-27-21(26)11-9-16-17-13-15(3)8-10-18(17)23-22(16)19-7-6-12-28-19/h6-8,10,12-13,23H,4-5,9,11,14H2,1-3H3. The second-order valence-corrected chi connectivity index (χ2v) is 7.68. The van der Waals surface area contributed by atoms with E-state index in [1.54, 1.807) is 16.2 Å². The van der Waals surface area contributed by atoms with Gasteiger partial charge < -0.3 is 14.6 Å². The maximum atomic E-state index is 12.2. The normalized spacial score (nSPS) is 11.0. The number of fused-ring (bicyclic) bond motifs is 1. The molecular formula is C22H26N2O3S. The van der Waals surface area contributed by atoms with Crippen molar-refractivity contribution in [3.05, 3.63) is 46.8 Å². The average Bonchev–Trinajstić information content (AvgIpc) is 3.33. The van der Waals surface area contributed by atoms with Gasteiger partial charge in [-0.3, -0.25) is 9.59 Å². The number of ether oxygens (including phenoxy) is 1. The topological polar surface area (TPSA) is 62.4 Å². The van der Waals surface area contributed by atoms with Crippen molar-refractivity contribution in [2.75, 3.05) is 19.7 Å². The highest BCUT2D eigenvalue weighted by Gasteiger charge is 2.17. The summed E-state index contributed by atoms with van der Waals surface area (Å²) in [6.07, 6.45) is 0.805. The first-order chi connectivity index (χ1) is 13.5. The number of H-pyrrole nitrogens is 1. The molecule has 3 rings (SSSR count). The fraction of sp³-hybridized carbons (Fsp3) is 0.364. The van der Waals surface area contributed by atoms with E-state index in [0.717, 1.165) is 27.0 Å². The molecule has 2 heterocycles. The van der Waals surface area contributed by atoms with Crippen molar-refractivity contribution in [1.82, 2.24) is 9.88 Å². The van der Waals surface area contributed by atoms with Gasteiger partial charge in [0.25, 0.3) is 5.91 Å². The van der Waals surface area contributed by atoms with Crippen LogP contribution >= 0.6 is 11.3 Å². The molecule has 1 N–H and O–H groups in total. The zero-order valence-corrected chi connectivity index (χ0v) is 17.4. The van der Waals surface area contributed by atoms with Crippen molar-refractivity contribution in [1.29, 1.82) is 0 Å². The van der Waals surface area contributed by atoms with E-state index in [4.69, 9.17) is 4.74 Å². The van der Waals surface area contributed by atoms with E-state index in [1.165, 1.54) is 5.56 Å². The summed E-state index contributed by atoms with van der Waals surface area (Å²) in [6, 6.07) is 10.4. The van der Waals surface area contributed by atoms with Gasteiger partial charge in [-0.2, -0.15) is 0 Å². The van der Waals surface area contributed by atoms with Crippen LogP contribution in [0.3, 0.4) is 0 Å². The number of hydrogen-bond donors (Lipinski definition) is 1. The molecule has 0 bridgehead atoms. The van der Waals surface area contributed by atoms with Crippen LogP contribution < -0.4 is 0 Å². The average molecular weight is 399 g/mol. The van der Waals surface area contributed by atoms with Crippen molar-refractivity contribution >= 4 is 34.1 Å². The summed E-state index contributed by atoms with van der Waals surface area (Å²) in [7, 11) is 0. The van der Waals surface area contributed by atoms with E-state index < -0.39 is 0 Å². The summed E-state index contributed by atoms with van der Waals surface area (Å²) in [5.41, 5.74) is 4.42. The molecule has 1 amide bonds. The number of likely N-dealkylation sites (N-methyl/N-ethyl adjacent to an activating group) is 1. The molecule has 0 spiro atoms. The summed E-state index contributed by atoms with van der Waals surface area (Å²) in [5, 5.41) is 3.18. The Hall–Kier alpha value is -2.60. The van der Waals surface area contributed by atoms with Crippen LogP contribution in [0.5, 0.6) is 0 Å². The minimum Gasteiger partial charge on any atom is -0.456 e. The number of nitrogens with zero attached hydrogens (tertiary/aromatic N) is 1. The van der Waals surface area contributed by atoms with E-state index in [-0.39, 0.29) is 24.9 Å². The van der Waals surface area contributed by atoms with Gasteiger partial charge in [-0.1, -0.05) is 17.7 Å². The Morgan fingerprint density at radius 2 is 1.96 bits per heavy atom. The minimum absolute atomic E-state index is 0.152. The molecule has 0 aliphatic carbocycles. The van der Waals surface area contributed by atoms with E-state index in [9.17, 15) is 9.59 Å². The number of benzene rings is 1. The van der Waals surface area contributed by atoms with Gasteiger partial charge in [0.05, 0.1) is 10.6 Å². The second-order valence-electron chi connectivity index (χ2n) is 6.73. The molecule has 0 aliphatic rings. The maximum Gasteiger partial charge on any atom is 0.306 e. The van der Waals surface area contributed by atoms with Crippen molar-refractivity contribution < 1.29 is 14.3 Å². The SMILES string of the molecule is CCN(CC)C(=O)COC(=O)CCc1c(-c2cccs2)[nH]c2ccc(C)cc12. The van der Waals surface area contributed by atoms with Gasteiger partial charge in [0.1, 0.15) is 0 Å². The first-order valence-corrected chi connectivity index (χ1v) is 10.5. The van der Waals surface area contributed by atoms with Crippen LogP contribution in [0.4, 0.5) is 0 Å². The summed E-state index contributed by atoms with van der Waals surface area (Å²) < 4.78 is 5.22. The molecule has 3 aromatic rings. The Morgan fingerprint density at radius 1 is 1.18 bits per heavy atom. The van der Waals surface area contributed by atoms with Crippen molar-refractivity contribution in [2.24, 2.45) is 0 Å². The molecular weight excluding hydrogens is 372 g/mol. The predicted molar refractivity (Wildman–Crippen MR) is 114 cm³/mol. The van der Waals surface area contributed by atoms with Crippen LogP contribution in [0.25, 0.3) is 21.5 Å².